The molecule has 6 heteroatoms. The van der Waals surface area contributed by atoms with Crippen molar-refractivity contribution in [1.82, 2.24) is 4.90 Å². The van der Waals surface area contributed by atoms with Crippen LogP contribution < -0.4 is 4.74 Å². The minimum Gasteiger partial charge on any atom is -0.490 e. The third-order valence-electron chi connectivity index (χ3n) is 3.61. The number of hydrogen-bond donors (Lipinski definition) is 0. The maximum atomic E-state index is 12.4. The summed E-state index contributed by atoms with van der Waals surface area (Å²) in [6.45, 7) is 3.03. The van der Waals surface area contributed by atoms with Gasteiger partial charge in [-0.3, -0.25) is 9.69 Å². The number of nitrogens with zero attached hydrogens (tertiary/aromatic N) is 1. The van der Waals surface area contributed by atoms with Gasteiger partial charge in [-0.15, -0.1) is 0 Å². The van der Waals surface area contributed by atoms with Gasteiger partial charge in [-0.2, -0.15) is 0 Å². The number of ether oxygens (including phenoxy) is 2. The van der Waals surface area contributed by atoms with E-state index in [0.717, 1.165) is 17.7 Å². The first-order valence-corrected chi connectivity index (χ1v) is 8.35. The van der Waals surface area contributed by atoms with E-state index in [1.807, 2.05) is 18.2 Å². The smallest absolute Gasteiger partial charge is 0.266 e. The summed E-state index contributed by atoms with van der Waals surface area (Å²) in [6, 6.07) is 6.02. The van der Waals surface area contributed by atoms with Crippen molar-refractivity contribution in [1.29, 1.82) is 0 Å². The first kappa shape index (κ1) is 15.5. The zero-order valence-corrected chi connectivity index (χ0v) is 14.1. The minimum atomic E-state index is -0.0443. The molecule has 0 aliphatic carbocycles. The van der Waals surface area contributed by atoms with Gasteiger partial charge in [-0.25, -0.2) is 0 Å². The molecule has 2 heterocycles. The number of carbonyl (C=O) groups is 1. The zero-order valence-electron chi connectivity index (χ0n) is 12.5. The topological polar surface area (TPSA) is 38.8 Å². The zero-order chi connectivity index (χ0) is 15.7. The molecule has 0 radical (unpaired) electrons. The van der Waals surface area contributed by atoms with Gasteiger partial charge in [0.15, 0.2) is 0 Å². The highest BCUT2D eigenvalue weighted by Crippen LogP contribution is 2.34. The Kier molecular flexibility index (Phi) is 4.52. The average Bonchev–Trinajstić information content (AvgIpc) is 2.97. The molecule has 3 rings (SSSR count). The number of benzene rings is 1. The van der Waals surface area contributed by atoms with Gasteiger partial charge in [0, 0.05) is 13.5 Å². The molecule has 4 nitrogen and oxygen atoms in total. The summed E-state index contributed by atoms with van der Waals surface area (Å²) in [6.07, 6.45) is 3.03. The van der Waals surface area contributed by atoms with Crippen LogP contribution in [-0.2, 0) is 16.0 Å². The molecule has 1 aromatic carbocycles. The van der Waals surface area contributed by atoms with Gasteiger partial charge in [-0.05, 0) is 36.3 Å². The van der Waals surface area contributed by atoms with Gasteiger partial charge in [0.2, 0.25) is 0 Å². The van der Waals surface area contributed by atoms with Crippen LogP contribution in [0.25, 0.3) is 6.08 Å². The molecule has 1 saturated heterocycles. The lowest BCUT2D eigenvalue weighted by Gasteiger charge is -2.12. The average molecular weight is 335 g/mol. The maximum Gasteiger partial charge on any atom is 0.266 e. The van der Waals surface area contributed by atoms with Crippen molar-refractivity contribution < 1.29 is 14.3 Å². The molecule has 2 aliphatic heterocycles. The second-order valence-corrected chi connectivity index (χ2v) is 7.00. The fourth-order valence-corrected chi connectivity index (χ4v) is 3.87. The molecule has 1 atom stereocenters. The van der Waals surface area contributed by atoms with Gasteiger partial charge in [0.25, 0.3) is 5.91 Å². The standard InChI is InChI=1S/C16H17NO3S2/c1-10-7-12-8-11(3-4-13(12)20-10)9-14-15(18)17(5-6-19-2)16(21)22-14/h3-4,8-10H,5-7H2,1-2H3/b14-9-/t10-/m0/s1. The van der Waals surface area contributed by atoms with Gasteiger partial charge in [0.1, 0.15) is 16.2 Å². The van der Waals surface area contributed by atoms with Crippen molar-refractivity contribution in [2.45, 2.75) is 19.4 Å². The van der Waals surface area contributed by atoms with Gasteiger partial charge in [0.05, 0.1) is 18.1 Å². The Morgan fingerprint density at radius 1 is 1.55 bits per heavy atom. The molecule has 0 spiro atoms. The van der Waals surface area contributed by atoms with Gasteiger partial charge in [-0.1, -0.05) is 30.0 Å². The van der Waals surface area contributed by atoms with E-state index in [1.165, 1.54) is 17.3 Å². The molecule has 0 N–H and O–H groups in total. The van der Waals surface area contributed by atoms with Crippen LogP contribution in [-0.4, -0.2) is 41.5 Å². The van der Waals surface area contributed by atoms with Crippen LogP contribution in [0.1, 0.15) is 18.1 Å². The van der Waals surface area contributed by atoms with Crippen LogP contribution in [0.2, 0.25) is 0 Å². The lowest BCUT2D eigenvalue weighted by atomic mass is 10.1. The number of thiocarbonyl (C=S) groups is 1. The molecule has 0 saturated carbocycles. The highest BCUT2D eigenvalue weighted by Gasteiger charge is 2.31. The highest BCUT2D eigenvalue weighted by atomic mass is 32.2. The number of methoxy groups -OCH3 is 1. The van der Waals surface area contributed by atoms with Crippen LogP contribution in [0.15, 0.2) is 23.1 Å². The normalized spacial score (nSPS) is 22.4. The number of fused-ring (bicyclic) bond motifs is 1. The third kappa shape index (κ3) is 3.04. The Labute approximate surface area is 139 Å². The number of rotatable bonds is 4. The fourth-order valence-electron chi connectivity index (χ4n) is 2.56. The lowest BCUT2D eigenvalue weighted by molar-refractivity contribution is -0.122. The summed E-state index contributed by atoms with van der Waals surface area (Å²) >= 11 is 6.61. The maximum absolute atomic E-state index is 12.4. The first-order chi connectivity index (χ1) is 10.6. The lowest BCUT2D eigenvalue weighted by Crippen LogP contribution is -2.31. The highest BCUT2D eigenvalue weighted by molar-refractivity contribution is 8.26. The SMILES string of the molecule is COCCN1C(=O)/C(=C/c2ccc3c(c2)C[C@H](C)O3)SC1=S. The second kappa shape index (κ2) is 6.40. The van der Waals surface area contributed by atoms with Crippen LogP contribution in [0.5, 0.6) is 5.75 Å². The van der Waals surface area contributed by atoms with E-state index in [4.69, 9.17) is 21.7 Å². The fraction of sp³-hybridized carbons (Fsp3) is 0.375. The molecular weight excluding hydrogens is 318 g/mol. The number of carbonyl (C=O) groups excluding carboxylic acids is 1. The Bertz CT molecular complexity index is 657. The van der Waals surface area contributed by atoms with Crippen LogP contribution in [0.3, 0.4) is 0 Å². The van der Waals surface area contributed by atoms with E-state index in [1.54, 1.807) is 12.0 Å². The van der Waals surface area contributed by atoms with Crippen molar-refractivity contribution in [3.05, 3.63) is 34.2 Å². The van der Waals surface area contributed by atoms with Crippen molar-refractivity contribution >= 4 is 40.3 Å². The van der Waals surface area contributed by atoms with Crippen molar-refractivity contribution in [3.8, 4) is 5.75 Å². The summed E-state index contributed by atoms with van der Waals surface area (Å²) in [7, 11) is 1.61. The summed E-state index contributed by atoms with van der Waals surface area (Å²) in [4.78, 5) is 14.6. The van der Waals surface area contributed by atoms with Gasteiger partial charge >= 0.3 is 0 Å². The van der Waals surface area contributed by atoms with Gasteiger partial charge < -0.3 is 9.47 Å². The van der Waals surface area contributed by atoms with E-state index in [9.17, 15) is 4.79 Å². The summed E-state index contributed by atoms with van der Waals surface area (Å²) in [5.74, 6) is 0.898. The minimum absolute atomic E-state index is 0.0443. The van der Waals surface area contributed by atoms with E-state index in [-0.39, 0.29) is 12.0 Å². The molecule has 0 bridgehead atoms. The monoisotopic (exact) mass is 335 g/mol. The van der Waals surface area contributed by atoms with Crippen molar-refractivity contribution in [2.75, 3.05) is 20.3 Å². The summed E-state index contributed by atoms with van der Waals surface area (Å²) in [5, 5.41) is 0. The van der Waals surface area contributed by atoms with E-state index >= 15 is 0 Å². The van der Waals surface area contributed by atoms with Crippen molar-refractivity contribution in [3.63, 3.8) is 0 Å². The molecule has 2 aliphatic rings. The molecule has 0 aromatic heterocycles. The summed E-state index contributed by atoms with van der Waals surface area (Å²) < 4.78 is 11.3. The van der Waals surface area contributed by atoms with Crippen molar-refractivity contribution in [2.24, 2.45) is 0 Å². The van der Waals surface area contributed by atoms with E-state index in [2.05, 4.69) is 13.0 Å². The Balaban J connectivity index is 1.80. The predicted molar refractivity (Wildman–Crippen MR) is 92.0 cm³/mol. The molecule has 1 aromatic rings. The molecule has 116 valence electrons. The molecular formula is C16H17NO3S2. The van der Waals surface area contributed by atoms with Crippen LogP contribution in [0, 0.1) is 0 Å². The predicted octanol–water partition coefficient (Wildman–Crippen LogP) is 2.86. The Morgan fingerprint density at radius 3 is 3.14 bits per heavy atom. The quantitative estimate of drug-likeness (QED) is 0.625. The third-order valence-corrected chi connectivity index (χ3v) is 4.99. The summed E-state index contributed by atoms with van der Waals surface area (Å²) in [5.41, 5.74) is 2.19. The van der Waals surface area contributed by atoms with E-state index in [0.29, 0.717) is 22.4 Å². The largest absolute Gasteiger partial charge is 0.490 e. The Morgan fingerprint density at radius 2 is 2.36 bits per heavy atom. The second-order valence-electron chi connectivity index (χ2n) is 5.33. The van der Waals surface area contributed by atoms with Crippen LogP contribution >= 0.6 is 24.0 Å². The van der Waals surface area contributed by atoms with E-state index < -0.39 is 0 Å². The van der Waals surface area contributed by atoms with Crippen LogP contribution in [0.4, 0.5) is 0 Å². The molecule has 1 fully saturated rings. The number of thioether (sulfide) groups is 1. The molecule has 1 amide bonds. The Hall–Kier alpha value is -1.37. The number of hydrogen-bond acceptors (Lipinski definition) is 5. The molecule has 22 heavy (non-hydrogen) atoms. The number of amides is 1. The molecule has 0 unspecified atom stereocenters. The first-order valence-electron chi connectivity index (χ1n) is 7.12.